The molecule has 0 radical (unpaired) electrons. The normalized spacial score (nSPS) is 12.2. The Hall–Kier alpha value is -1.64. The van der Waals surface area contributed by atoms with Gasteiger partial charge in [0.05, 0.1) is 12.5 Å². The minimum Gasteiger partial charge on any atom is -0.198 e. The molecule has 0 bridgehead atoms. The van der Waals surface area contributed by atoms with E-state index in [0.717, 1.165) is 12.1 Å². The number of benzene rings is 1. The molecule has 0 aliphatic carbocycles. The Morgan fingerprint density at radius 1 is 1.00 bits per heavy atom. The lowest BCUT2D eigenvalue weighted by molar-refractivity contribution is -0.289. The zero-order valence-corrected chi connectivity index (χ0v) is 7.85. The smallest absolute Gasteiger partial charge is 0.198 e. The van der Waals surface area contributed by atoms with Crippen molar-refractivity contribution in [3.8, 4) is 6.07 Å². The van der Waals surface area contributed by atoms with Crippen LogP contribution in [0.25, 0.3) is 0 Å². The number of hydrogen-bond donors (Lipinski definition) is 0. The molecular formula is C10H6F5N. The van der Waals surface area contributed by atoms with Gasteiger partial charge in [-0.05, 0) is 5.56 Å². The van der Waals surface area contributed by atoms with Crippen LogP contribution in [-0.4, -0.2) is 6.18 Å². The number of alkyl halides is 5. The first-order valence-corrected chi connectivity index (χ1v) is 4.20. The van der Waals surface area contributed by atoms with Gasteiger partial charge >= 0.3 is 12.1 Å². The SMILES string of the molecule is N#CCc1ccc(C(F)(F)C(F)(F)F)cc1. The average Bonchev–Trinajstić information content (AvgIpc) is 2.17. The largest absolute Gasteiger partial charge is 0.458 e. The first-order chi connectivity index (χ1) is 7.29. The van der Waals surface area contributed by atoms with Crippen molar-refractivity contribution in [1.29, 1.82) is 5.26 Å². The molecule has 0 amide bonds. The molecule has 0 unspecified atom stereocenters. The van der Waals surface area contributed by atoms with Crippen LogP contribution < -0.4 is 0 Å². The summed E-state index contributed by atoms with van der Waals surface area (Å²) in [6, 6.07) is 5.29. The van der Waals surface area contributed by atoms with Crippen molar-refractivity contribution in [3.63, 3.8) is 0 Å². The van der Waals surface area contributed by atoms with Gasteiger partial charge in [-0.25, -0.2) is 0 Å². The summed E-state index contributed by atoms with van der Waals surface area (Å²) in [7, 11) is 0. The van der Waals surface area contributed by atoms with Crippen molar-refractivity contribution in [1.82, 2.24) is 0 Å². The molecule has 0 atom stereocenters. The third-order valence-electron chi connectivity index (χ3n) is 1.96. The van der Waals surface area contributed by atoms with Gasteiger partial charge in [0.2, 0.25) is 0 Å². The van der Waals surface area contributed by atoms with Crippen LogP contribution in [0.5, 0.6) is 0 Å². The number of hydrogen-bond acceptors (Lipinski definition) is 1. The maximum atomic E-state index is 12.8. The van der Waals surface area contributed by atoms with Crippen molar-refractivity contribution in [2.24, 2.45) is 0 Å². The van der Waals surface area contributed by atoms with Crippen LogP contribution in [0.2, 0.25) is 0 Å². The Morgan fingerprint density at radius 2 is 1.50 bits per heavy atom. The van der Waals surface area contributed by atoms with Crippen molar-refractivity contribution >= 4 is 0 Å². The van der Waals surface area contributed by atoms with E-state index in [4.69, 9.17) is 5.26 Å². The van der Waals surface area contributed by atoms with Crippen molar-refractivity contribution in [2.75, 3.05) is 0 Å². The first kappa shape index (κ1) is 12.4. The lowest BCUT2D eigenvalue weighted by atomic mass is 10.0. The predicted octanol–water partition coefficient (Wildman–Crippen LogP) is 3.41. The van der Waals surface area contributed by atoms with Crippen LogP contribution in [-0.2, 0) is 12.3 Å². The van der Waals surface area contributed by atoms with E-state index in [-0.39, 0.29) is 6.42 Å². The maximum Gasteiger partial charge on any atom is 0.458 e. The lowest BCUT2D eigenvalue weighted by Gasteiger charge is -2.19. The molecule has 0 N–H and O–H groups in total. The summed E-state index contributed by atoms with van der Waals surface area (Å²) in [5.74, 6) is -4.86. The topological polar surface area (TPSA) is 23.8 Å². The second kappa shape index (κ2) is 4.08. The van der Waals surface area contributed by atoms with Crippen LogP contribution in [0.1, 0.15) is 11.1 Å². The van der Waals surface area contributed by atoms with Crippen LogP contribution in [0.4, 0.5) is 22.0 Å². The average molecular weight is 235 g/mol. The Kier molecular flexibility index (Phi) is 3.17. The van der Waals surface area contributed by atoms with E-state index in [1.165, 1.54) is 0 Å². The molecule has 1 nitrogen and oxygen atoms in total. The fourth-order valence-corrected chi connectivity index (χ4v) is 1.09. The van der Waals surface area contributed by atoms with Gasteiger partial charge in [0.1, 0.15) is 0 Å². The molecule has 0 saturated carbocycles. The molecular weight excluding hydrogens is 229 g/mol. The Labute approximate surface area is 88.1 Å². The monoisotopic (exact) mass is 235 g/mol. The van der Waals surface area contributed by atoms with Gasteiger partial charge in [0, 0.05) is 5.56 Å². The summed E-state index contributed by atoms with van der Waals surface area (Å²) in [5.41, 5.74) is -0.731. The molecule has 0 saturated heterocycles. The molecule has 1 aromatic rings. The maximum absolute atomic E-state index is 12.8. The minimum absolute atomic E-state index is 0.0299. The van der Waals surface area contributed by atoms with E-state index in [2.05, 4.69) is 0 Å². The summed E-state index contributed by atoms with van der Waals surface area (Å²) in [6.45, 7) is 0. The zero-order chi connectivity index (χ0) is 12.4. The van der Waals surface area contributed by atoms with Crippen molar-refractivity contribution in [3.05, 3.63) is 35.4 Å². The number of nitriles is 1. The van der Waals surface area contributed by atoms with Gasteiger partial charge in [-0.2, -0.15) is 27.2 Å². The highest BCUT2D eigenvalue weighted by Gasteiger charge is 2.58. The Balaban J connectivity index is 3.03. The predicted molar refractivity (Wildman–Crippen MR) is 45.7 cm³/mol. The summed E-state index contributed by atoms with van der Waals surface area (Å²) >= 11 is 0. The van der Waals surface area contributed by atoms with Crippen LogP contribution in [0, 0.1) is 11.3 Å². The summed E-state index contributed by atoms with van der Waals surface area (Å²) in [4.78, 5) is 0. The van der Waals surface area contributed by atoms with Crippen LogP contribution >= 0.6 is 0 Å². The number of halogens is 5. The highest BCUT2D eigenvalue weighted by atomic mass is 19.4. The highest BCUT2D eigenvalue weighted by Crippen LogP contribution is 2.43. The fraction of sp³-hybridized carbons (Fsp3) is 0.300. The van der Waals surface area contributed by atoms with Crippen molar-refractivity contribution in [2.45, 2.75) is 18.5 Å². The Bertz CT molecular complexity index is 399. The summed E-state index contributed by atoms with van der Waals surface area (Å²) in [6.07, 6.45) is -5.64. The molecule has 0 aliphatic rings. The van der Waals surface area contributed by atoms with E-state index < -0.39 is 17.7 Å². The van der Waals surface area contributed by atoms with E-state index in [0.29, 0.717) is 17.7 Å². The molecule has 16 heavy (non-hydrogen) atoms. The van der Waals surface area contributed by atoms with E-state index in [1.807, 2.05) is 0 Å². The molecule has 0 aliphatic heterocycles. The molecule has 0 heterocycles. The second-order valence-corrected chi connectivity index (χ2v) is 3.10. The number of nitrogens with zero attached hydrogens (tertiary/aromatic N) is 1. The standard InChI is InChI=1S/C10H6F5N/c11-9(12,10(13,14)15)8-3-1-7(2-4-8)5-6-16/h1-4H,5H2. The minimum atomic E-state index is -5.61. The van der Waals surface area contributed by atoms with Gasteiger partial charge < -0.3 is 0 Å². The molecule has 6 heteroatoms. The highest BCUT2D eigenvalue weighted by molar-refractivity contribution is 5.28. The second-order valence-electron chi connectivity index (χ2n) is 3.10. The summed E-state index contributed by atoms with van der Waals surface area (Å²) < 4.78 is 61.5. The van der Waals surface area contributed by atoms with Crippen LogP contribution in [0.3, 0.4) is 0 Å². The van der Waals surface area contributed by atoms with Crippen molar-refractivity contribution < 1.29 is 22.0 Å². The lowest BCUT2D eigenvalue weighted by Crippen LogP contribution is -2.33. The summed E-state index contributed by atoms with van der Waals surface area (Å²) in [5, 5.41) is 8.30. The van der Waals surface area contributed by atoms with E-state index in [9.17, 15) is 22.0 Å². The Morgan fingerprint density at radius 3 is 1.88 bits per heavy atom. The van der Waals surface area contributed by atoms with E-state index in [1.54, 1.807) is 6.07 Å². The first-order valence-electron chi connectivity index (χ1n) is 4.20. The molecule has 1 rings (SSSR count). The van der Waals surface area contributed by atoms with Gasteiger partial charge in [0.15, 0.2) is 0 Å². The molecule has 86 valence electrons. The number of rotatable bonds is 2. The van der Waals surface area contributed by atoms with Crippen LogP contribution in [0.15, 0.2) is 24.3 Å². The third kappa shape index (κ3) is 2.30. The molecule has 0 aromatic heterocycles. The molecule has 0 fully saturated rings. The molecule has 0 spiro atoms. The molecule has 1 aromatic carbocycles. The van der Waals surface area contributed by atoms with E-state index >= 15 is 0 Å². The van der Waals surface area contributed by atoms with Gasteiger partial charge in [-0.3, -0.25) is 0 Å². The van der Waals surface area contributed by atoms with Gasteiger partial charge in [-0.15, -0.1) is 0 Å². The fourth-order valence-electron chi connectivity index (χ4n) is 1.09. The quantitative estimate of drug-likeness (QED) is 0.720. The van der Waals surface area contributed by atoms with Gasteiger partial charge in [0.25, 0.3) is 0 Å². The zero-order valence-electron chi connectivity index (χ0n) is 7.85. The van der Waals surface area contributed by atoms with Gasteiger partial charge in [-0.1, -0.05) is 24.3 Å². The third-order valence-corrected chi connectivity index (χ3v) is 1.96.